The normalized spacial score (nSPS) is 12.6. The van der Waals surface area contributed by atoms with Crippen LogP contribution in [0.15, 0.2) is 212 Å². The van der Waals surface area contributed by atoms with Crippen LogP contribution in [0.4, 0.5) is 17.1 Å². The summed E-state index contributed by atoms with van der Waals surface area (Å²) in [6.45, 7) is 4.72. The molecule has 1 nitrogen and oxygen atoms in total. The van der Waals surface area contributed by atoms with E-state index in [0.717, 1.165) is 17.1 Å². The quantitative estimate of drug-likeness (QED) is 0.159. The second-order valence-electron chi connectivity index (χ2n) is 15.4. The third kappa shape index (κ3) is 5.81. The summed E-state index contributed by atoms with van der Waals surface area (Å²) in [7, 11) is 0. The molecular formula is C55H41N. The molecule has 0 N–H and O–H groups in total. The van der Waals surface area contributed by atoms with Crippen LogP contribution < -0.4 is 4.90 Å². The van der Waals surface area contributed by atoms with E-state index in [0.29, 0.717) is 0 Å². The first-order valence-electron chi connectivity index (χ1n) is 19.5. The highest BCUT2D eigenvalue weighted by molar-refractivity contribution is 5.98. The van der Waals surface area contributed by atoms with Crippen LogP contribution in [0.5, 0.6) is 0 Å². The number of fused-ring (bicyclic) bond motifs is 4. The van der Waals surface area contributed by atoms with Crippen molar-refractivity contribution in [2.75, 3.05) is 4.90 Å². The molecule has 0 saturated heterocycles. The third-order valence-corrected chi connectivity index (χ3v) is 11.7. The Morgan fingerprint density at radius 3 is 1.68 bits per heavy atom. The second kappa shape index (κ2) is 13.7. The molecule has 0 amide bonds. The lowest BCUT2D eigenvalue weighted by Gasteiger charge is -2.30. The fourth-order valence-corrected chi connectivity index (χ4v) is 8.84. The maximum absolute atomic E-state index is 2.46. The molecule has 1 heteroatoms. The minimum absolute atomic E-state index is 0.125. The molecule has 0 heterocycles. The first kappa shape index (κ1) is 33.6. The molecule has 1 aliphatic carbocycles. The lowest BCUT2D eigenvalue weighted by molar-refractivity contribution is 0.660. The van der Waals surface area contributed by atoms with Gasteiger partial charge in [-0.25, -0.2) is 0 Å². The maximum Gasteiger partial charge on any atom is 0.0540 e. The zero-order chi connectivity index (χ0) is 37.6. The molecule has 0 spiro atoms. The van der Waals surface area contributed by atoms with E-state index < -0.39 is 0 Å². The van der Waals surface area contributed by atoms with Crippen molar-refractivity contribution in [3.05, 3.63) is 223 Å². The fourth-order valence-electron chi connectivity index (χ4n) is 8.84. The SMILES string of the molecule is CC1(C)c2ccccc2-c2ccc(N(c3cccc(-c4cccc(-c5ccccc5)c4)c3)c3ccccc3-c3cccc(-c4cccc5ccccc45)c3)cc21. The van der Waals surface area contributed by atoms with Gasteiger partial charge in [0.05, 0.1) is 5.69 Å². The monoisotopic (exact) mass is 715 g/mol. The molecule has 0 unspecified atom stereocenters. The van der Waals surface area contributed by atoms with Gasteiger partial charge in [-0.2, -0.15) is 0 Å². The van der Waals surface area contributed by atoms with Gasteiger partial charge in [0.15, 0.2) is 0 Å². The van der Waals surface area contributed by atoms with Gasteiger partial charge in [0, 0.05) is 22.4 Å². The number of rotatable bonds is 7. The van der Waals surface area contributed by atoms with Crippen molar-refractivity contribution in [1.82, 2.24) is 0 Å². The van der Waals surface area contributed by atoms with Crippen LogP contribution in [0, 0.1) is 0 Å². The predicted octanol–water partition coefficient (Wildman–Crippen LogP) is 15.3. The van der Waals surface area contributed by atoms with Crippen LogP contribution in [0.2, 0.25) is 0 Å². The number of hydrogen-bond donors (Lipinski definition) is 0. The van der Waals surface area contributed by atoms with Gasteiger partial charge in [0.2, 0.25) is 0 Å². The van der Waals surface area contributed by atoms with Crippen LogP contribution in [-0.4, -0.2) is 0 Å². The largest absolute Gasteiger partial charge is 0.310 e. The van der Waals surface area contributed by atoms with E-state index in [4.69, 9.17) is 0 Å². The highest BCUT2D eigenvalue weighted by Crippen LogP contribution is 2.51. The Hall–Kier alpha value is -6.96. The zero-order valence-corrected chi connectivity index (χ0v) is 31.7. The number of nitrogens with zero attached hydrogens (tertiary/aromatic N) is 1. The van der Waals surface area contributed by atoms with Crippen LogP contribution in [0.1, 0.15) is 25.0 Å². The first-order chi connectivity index (χ1) is 27.5. The molecule has 9 aromatic carbocycles. The Bertz CT molecular complexity index is 2890. The summed E-state index contributed by atoms with van der Waals surface area (Å²) in [5, 5.41) is 2.51. The van der Waals surface area contributed by atoms with Gasteiger partial charge < -0.3 is 4.90 Å². The van der Waals surface area contributed by atoms with Crippen molar-refractivity contribution in [1.29, 1.82) is 0 Å². The van der Waals surface area contributed by atoms with Crippen LogP contribution in [0.25, 0.3) is 66.4 Å². The Morgan fingerprint density at radius 1 is 0.321 bits per heavy atom. The molecule has 9 aromatic rings. The van der Waals surface area contributed by atoms with E-state index in [-0.39, 0.29) is 5.41 Å². The van der Waals surface area contributed by atoms with Crippen molar-refractivity contribution >= 4 is 27.8 Å². The molecule has 0 fully saturated rings. The van der Waals surface area contributed by atoms with Crippen molar-refractivity contribution in [2.24, 2.45) is 0 Å². The number of hydrogen-bond acceptors (Lipinski definition) is 1. The molecule has 1 aliphatic rings. The van der Waals surface area contributed by atoms with E-state index in [1.54, 1.807) is 0 Å². The lowest BCUT2D eigenvalue weighted by Crippen LogP contribution is -2.17. The Morgan fingerprint density at radius 2 is 0.839 bits per heavy atom. The van der Waals surface area contributed by atoms with Crippen molar-refractivity contribution in [2.45, 2.75) is 19.3 Å². The standard InChI is InChI=1S/C55H41N/c1-55(2)52-30-10-8-28-50(52)51-33-32-46(37-53(51)55)56(45-25-14-22-42(36-45)41-21-12-20-40(34-41)38-16-4-3-5-17-38)54-31-11-9-27-49(54)44-24-13-23-43(35-44)48-29-15-19-39-18-6-7-26-47(39)48/h3-37H,1-2H3. The Balaban J connectivity index is 1.15. The maximum atomic E-state index is 2.46. The molecule has 0 bridgehead atoms. The van der Waals surface area contributed by atoms with Gasteiger partial charge in [-0.15, -0.1) is 0 Å². The number of anilines is 3. The average molecular weight is 716 g/mol. The second-order valence-corrected chi connectivity index (χ2v) is 15.4. The van der Waals surface area contributed by atoms with Crippen LogP contribution in [-0.2, 0) is 5.41 Å². The summed E-state index contributed by atoms with van der Waals surface area (Å²) in [6.07, 6.45) is 0. The van der Waals surface area contributed by atoms with E-state index in [1.807, 2.05) is 0 Å². The van der Waals surface area contributed by atoms with E-state index in [2.05, 4.69) is 231 Å². The third-order valence-electron chi connectivity index (χ3n) is 11.7. The van der Waals surface area contributed by atoms with Crippen LogP contribution in [0.3, 0.4) is 0 Å². The minimum atomic E-state index is -0.125. The predicted molar refractivity (Wildman–Crippen MR) is 238 cm³/mol. The zero-order valence-electron chi connectivity index (χ0n) is 31.7. The summed E-state index contributed by atoms with van der Waals surface area (Å²) in [5.74, 6) is 0. The van der Waals surface area contributed by atoms with Crippen LogP contribution >= 0.6 is 0 Å². The summed E-state index contributed by atoms with van der Waals surface area (Å²) >= 11 is 0. The molecule has 0 radical (unpaired) electrons. The van der Waals surface area contributed by atoms with Gasteiger partial charge in [-0.05, 0) is 114 Å². The number of benzene rings is 9. The summed E-state index contributed by atoms with van der Waals surface area (Å²) in [6, 6.07) is 77.7. The van der Waals surface area contributed by atoms with E-state index in [1.165, 1.54) is 77.5 Å². The summed E-state index contributed by atoms with van der Waals surface area (Å²) in [4.78, 5) is 2.46. The van der Waals surface area contributed by atoms with Crippen molar-refractivity contribution < 1.29 is 0 Å². The highest BCUT2D eigenvalue weighted by atomic mass is 15.1. The highest BCUT2D eigenvalue weighted by Gasteiger charge is 2.36. The number of para-hydroxylation sites is 1. The Labute approximate surface area is 329 Å². The molecule has 0 atom stereocenters. The molecule has 0 aromatic heterocycles. The smallest absolute Gasteiger partial charge is 0.0540 e. The molecule has 56 heavy (non-hydrogen) atoms. The van der Waals surface area contributed by atoms with E-state index >= 15 is 0 Å². The topological polar surface area (TPSA) is 3.24 Å². The van der Waals surface area contributed by atoms with Crippen molar-refractivity contribution in [3.63, 3.8) is 0 Å². The fraction of sp³-hybridized carbons (Fsp3) is 0.0545. The van der Waals surface area contributed by atoms with Crippen molar-refractivity contribution in [3.8, 4) is 55.6 Å². The average Bonchev–Trinajstić information content (AvgIpc) is 3.49. The molecule has 0 aliphatic heterocycles. The van der Waals surface area contributed by atoms with E-state index in [9.17, 15) is 0 Å². The van der Waals surface area contributed by atoms with Gasteiger partial charge in [-0.1, -0.05) is 184 Å². The first-order valence-corrected chi connectivity index (χ1v) is 19.5. The van der Waals surface area contributed by atoms with Gasteiger partial charge in [-0.3, -0.25) is 0 Å². The van der Waals surface area contributed by atoms with Gasteiger partial charge >= 0.3 is 0 Å². The Kier molecular flexibility index (Phi) is 8.23. The minimum Gasteiger partial charge on any atom is -0.310 e. The molecule has 266 valence electrons. The molecule has 10 rings (SSSR count). The molecular weight excluding hydrogens is 675 g/mol. The van der Waals surface area contributed by atoms with Gasteiger partial charge in [0.25, 0.3) is 0 Å². The van der Waals surface area contributed by atoms with Gasteiger partial charge in [0.1, 0.15) is 0 Å². The lowest BCUT2D eigenvalue weighted by atomic mass is 9.82. The summed E-state index contributed by atoms with van der Waals surface area (Å²) < 4.78 is 0. The molecule has 0 saturated carbocycles. The summed E-state index contributed by atoms with van der Waals surface area (Å²) in [5.41, 5.74) is 18.2.